The van der Waals surface area contributed by atoms with Crippen molar-refractivity contribution in [2.45, 2.75) is 11.4 Å². The third-order valence-electron chi connectivity index (χ3n) is 4.27. The van der Waals surface area contributed by atoms with Gasteiger partial charge in [0, 0.05) is 25.2 Å². The number of hydrogen-bond acceptors (Lipinski definition) is 7. The summed E-state index contributed by atoms with van der Waals surface area (Å²) in [6.45, 7) is -0.540. The minimum atomic E-state index is -3.61. The van der Waals surface area contributed by atoms with E-state index in [0.717, 1.165) is 8.99 Å². The maximum absolute atomic E-state index is 12.5. The molecule has 1 heterocycles. The Morgan fingerprint density at radius 2 is 1.67 bits per heavy atom. The van der Waals surface area contributed by atoms with Gasteiger partial charge in [0.1, 0.15) is 12.2 Å². The van der Waals surface area contributed by atoms with Crippen molar-refractivity contribution in [2.75, 3.05) is 19.4 Å². The summed E-state index contributed by atoms with van der Waals surface area (Å²) in [7, 11) is -0.800. The van der Waals surface area contributed by atoms with Crippen molar-refractivity contribution in [3.05, 3.63) is 64.6 Å². The Labute approximate surface area is 171 Å². The predicted molar refractivity (Wildman–Crippen MR) is 106 cm³/mol. The smallest absolute Gasteiger partial charge is 0.275 e. The average Bonchev–Trinajstić information content (AvgIpc) is 2.70. The van der Waals surface area contributed by atoms with Crippen LogP contribution in [0.25, 0.3) is 10.8 Å². The average molecular weight is 429 g/mol. The molecule has 0 unspecified atom stereocenters. The summed E-state index contributed by atoms with van der Waals surface area (Å²) in [6.07, 6.45) is 0. The van der Waals surface area contributed by atoms with Crippen LogP contribution in [0.15, 0.2) is 58.2 Å². The number of fused-ring (bicyclic) bond motifs is 1. The number of hydrogen-bond donors (Lipinski definition) is 1. The van der Waals surface area contributed by atoms with Crippen molar-refractivity contribution >= 4 is 38.4 Å². The summed E-state index contributed by atoms with van der Waals surface area (Å²) in [5.74, 6) is -2.22. The molecule has 0 fully saturated rings. The van der Waals surface area contributed by atoms with Crippen molar-refractivity contribution in [2.24, 2.45) is 0 Å². The summed E-state index contributed by atoms with van der Waals surface area (Å²) in [6, 6.07) is 11.5. The molecule has 156 valence electrons. The van der Waals surface area contributed by atoms with Gasteiger partial charge in [0.25, 0.3) is 5.56 Å². The number of aromatic nitrogens is 2. The van der Waals surface area contributed by atoms with Crippen LogP contribution in [0.1, 0.15) is 10.5 Å². The second-order valence-electron chi connectivity index (χ2n) is 6.50. The van der Waals surface area contributed by atoms with E-state index in [-0.39, 0.29) is 15.7 Å². The number of amides is 1. The minimum Gasteiger partial charge on any atom is -0.543 e. The van der Waals surface area contributed by atoms with Gasteiger partial charge in [-0.3, -0.25) is 9.59 Å². The van der Waals surface area contributed by atoms with Gasteiger partial charge in [-0.15, -0.1) is 0 Å². The normalized spacial score (nSPS) is 11.6. The molecule has 3 aromatic rings. The van der Waals surface area contributed by atoms with Gasteiger partial charge in [-0.05, 0) is 30.3 Å². The highest BCUT2D eigenvalue weighted by Crippen LogP contribution is 2.17. The molecule has 0 aliphatic heterocycles. The van der Waals surface area contributed by atoms with E-state index in [2.05, 4.69) is 10.4 Å². The number of nitrogens with zero attached hydrogens (tertiary/aromatic N) is 3. The Morgan fingerprint density at radius 1 is 1.07 bits per heavy atom. The second kappa shape index (κ2) is 8.05. The van der Waals surface area contributed by atoms with Crippen LogP contribution in [0.3, 0.4) is 0 Å². The molecule has 2 aromatic carbocycles. The molecule has 0 aliphatic carbocycles. The van der Waals surface area contributed by atoms with Crippen LogP contribution in [0, 0.1) is 0 Å². The van der Waals surface area contributed by atoms with Crippen LogP contribution < -0.4 is 16.0 Å². The van der Waals surface area contributed by atoms with E-state index in [0.29, 0.717) is 5.69 Å². The van der Waals surface area contributed by atoms with Crippen molar-refractivity contribution in [3.8, 4) is 0 Å². The summed E-state index contributed by atoms with van der Waals surface area (Å²) in [4.78, 5) is 36.3. The summed E-state index contributed by atoms with van der Waals surface area (Å²) in [5.41, 5.74) is -0.777. The SMILES string of the molecule is CN(C)S(=O)(=O)c1ccc(NC(=O)Cn2nc(C(=O)[O-])c3ccccc3c2=O)cc1. The highest BCUT2D eigenvalue weighted by molar-refractivity contribution is 7.89. The van der Waals surface area contributed by atoms with Crippen LogP contribution in [0.2, 0.25) is 0 Å². The number of rotatable bonds is 6. The van der Waals surface area contributed by atoms with Gasteiger partial charge in [0.2, 0.25) is 15.9 Å². The van der Waals surface area contributed by atoms with Crippen molar-refractivity contribution in [1.29, 1.82) is 0 Å². The van der Waals surface area contributed by atoms with E-state index in [1.54, 1.807) is 12.1 Å². The van der Waals surface area contributed by atoms with Crippen molar-refractivity contribution in [1.82, 2.24) is 14.1 Å². The zero-order chi connectivity index (χ0) is 22.1. The highest BCUT2D eigenvalue weighted by Gasteiger charge is 2.17. The largest absolute Gasteiger partial charge is 0.543 e. The zero-order valence-corrected chi connectivity index (χ0v) is 16.8. The van der Waals surface area contributed by atoms with Gasteiger partial charge in [0.15, 0.2) is 0 Å². The Bertz CT molecular complexity index is 1300. The van der Waals surface area contributed by atoms with E-state index in [9.17, 15) is 27.9 Å². The lowest BCUT2D eigenvalue weighted by Crippen LogP contribution is -2.34. The first-order chi connectivity index (χ1) is 14.1. The standard InChI is InChI=1S/C19H18N4O6S/c1-22(2)30(28,29)13-9-7-12(8-10-13)20-16(24)11-23-18(25)15-6-4-3-5-14(15)17(21-23)19(26)27/h3-10H,11H2,1-2H3,(H,20,24)(H,26,27)/p-1. The van der Waals surface area contributed by atoms with Crippen LogP contribution in [0.4, 0.5) is 5.69 Å². The van der Waals surface area contributed by atoms with Crippen LogP contribution >= 0.6 is 0 Å². The molecule has 11 heteroatoms. The number of benzene rings is 2. The summed E-state index contributed by atoms with van der Waals surface area (Å²) in [5, 5.41) is 17.8. The number of anilines is 1. The molecule has 0 saturated carbocycles. The third kappa shape index (κ3) is 4.07. The van der Waals surface area contributed by atoms with E-state index in [1.165, 1.54) is 50.5 Å². The maximum Gasteiger partial charge on any atom is 0.275 e. The number of nitrogens with one attached hydrogen (secondary N) is 1. The van der Waals surface area contributed by atoms with Gasteiger partial charge in [-0.25, -0.2) is 17.4 Å². The van der Waals surface area contributed by atoms with Crippen LogP contribution in [-0.4, -0.2) is 48.5 Å². The van der Waals surface area contributed by atoms with Gasteiger partial charge in [0.05, 0.1) is 16.3 Å². The highest BCUT2D eigenvalue weighted by atomic mass is 32.2. The number of carboxylic acid groups (broad SMARTS) is 1. The Morgan fingerprint density at radius 3 is 2.23 bits per heavy atom. The number of aromatic carboxylic acids is 1. The Hall–Kier alpha value is -3.57. The molecule has 0 radical (unpaired) electrons. The fourth-order valence-electron chi connectivity index (χ4n) is 2.75. The lowest BCUT2D eigenvalue weighted by atomic mass is 10.1. The number of carbonyl (C=O) groups is 2. The molecule has 0 saturated heterocycles. The molecule has 1 N–H and O–H groups in total. The van der Waals surface area contributed by atoms with Gasteiger partial charge in [-0.1, -0.05) is 18.2 Å². The van der Waals surface area contributed by atoms with E-state index < -0.39 is 39.7 Å². The quantitative estimate of drug-likeness (QED) is 0.564. The fourth-order valence-corrected chi connectivity index (χ4v) is 3.65. The first kappa shape index (κ1) is 21.1. The lowest BCUT2D eigenvalue weighted by Gasteiger charge is -2.13. The topological polar surface area (TPSA) is 142 Å². The first-order valence-corrected chi connectivity index (χ1v) is 10.1. The van der Waals surface area contributed by atoms with Crippen LogP contribution in [-0.2, 0) is 21.4 Å². The molecule has 1 amide bonds. The minimum absolute atomic E-state index is 0.0523. The molecular formula is C19H17N4O6S-. The zero-order valence-electron chi connectivity index (χ0n) is 16.0. The maximum atomic E-state index is 12.5. The molecular weight excluding hydrogens is 412 g/mol. The first-order valence-electron chi connectivity index (χ1n) is 8.65. The number of sulfonamides is 1. The molecule has 0 bridgehead atoms. The molecule has 3 rings (SSSR count). The van der Waals surface area contributed by atoms with Gasteiger partial charge < -0.3 is 15.2 Å². The summed E-state index contributed by atoms with van der Waals surface area (Å²) >= 11 is 0. The fraction of sp³-hybridized carbons (Fsp3) is 0.158. The summed E-state index contributed by atoms with van der Waals surface area (Å²) < 4.78 is 26.0. The molecule has 0 aliphatic rings. The molecule has 1 aromatic heterocycles. The predicted octanol–water partition coefficient (Wildman–Crippen LogP) is -0.351. The van der Waals surface area contributed by atoms with Crippen LogP contribution in [0.5, 0.6) is 0 Å². The number of carboxylic acids is 1. The third-order valence-corrected chi connectivity index (χ3v) is 6.10. The Kier molecular flexibility index (Phi) is 5.67. The van der Waals surface area contributed by atoms with Crippen molar-refractivity contribution in [3.63, 3.8) is 0 Å². The Balaban J connectivity index is 1.85. The molecule has 30 heavy (non-hydrogen) atoms. The number of carbonyl (C=O) groups excluding carboxylic acids is 2. The monoisotopic (exact) mass is 429 g/mol. The van der Waals surface area contributed by atoms with Gasteiger partial charge in [-0.2, -0.15) is 5.10 Å². The molecule has 0 spiro atoms. The van der Waals surface area contributed by atoms with E-state index in [1.807, 2.05) is 0 Å². The van der Waals surface area contributed by atoms with Gasteiger partial charge >= 0.3 is 0 Å². The lowest BCUT2D eigenvalue weighted by molar-refractivity contribution is -0.255. The van der Waals surface area contributed by atoms with E-state index >= 15 is 0 Å². The van der Waals surface area contributed by atoms with E-state index in [4.69, 9.17) is 0 Å². The second-order valence-corrected chi connectivity index (χ2v) is 8.66. The molecule has 0 atom stereocenters. The molecule has 10 nitrogen and oxygen atoms in total. The van der Waals surface area contributed by atoms with Crippen molar-refractivity contribution < 1.29 is 23.1 Å².